The fourth-order valence-electron chi connectivity index (χ4n) is 2.71. The van der Waals surface area contributed by atoms with Crippen LogP contribution in [0.3, 0.4) is 0 Å². The molecule has 0 spiro atoms. The van der Waals surface area contributed by atoms with Crippen molar-refractivity contribution in [2.75, 3.05) is 18.1 Å². The lowest BCUT2D eigenvalue weighted by molar-refractivity contribution is 0.251. The molecule has 1 aliphatic heterocycles. The Hall–Kier alpha value is -1.39. The molecular formula is C16H17Cl2N4O3S2. The van der Waals surface area contributed by atoms with Gasteiger partial charge in [0.15, 0.2) is 5.13 Å². The lowest BCUT2D eigenvalue weighted by Crippen LogP contribution is -2.30. The van der Waals surface area contributed by atoms with E-state index in [-0.39, 0.29) is 12.6 Å². The lowest BCUT2D eigenvalue weighted by atomic mass is 10.2. The smallest absolute Gasteiger partial charge is 0.321 e. The number of urea groups is 1. The average Bonchev–Trinajstić information content (AvgIpc) is 3.24. The summed E-state index contributed by atoms with van der Waals surface area (Å²) in [6.45, 7) is 0.647. The van der Waals surface area contributed by atoms with E-state index in [4.69, 9.17) is 23.2 Å². The van der Waals surface area contributed by atoms with E-state index in [0.29, 0.717) is 33.8 Å². The normalized spacial score (nSPS) is 17.8. The standard InChI is InChI=1S/C16H17Cl2N4O3S2/c1-27(24,25)22-6-2-3-14(22)13-9-26-16(20-13)21-15(23)19-8-10-4-5-11(17)12(18)7-10/h2,4-5,7,9,14H,3,6,8H2,1H3,(H2,19,20,21,23). The van der Waals surface area contributed by atoms with E-state index in [1.807, 2.05) is 6.42 Å². The van der Waals surface area contributed by atoms with Gasteiger partial charge in [0.1, 0.15) is 0 Å². The van der Waals surface area contributed by atoms with Crippen LogP contribution in [0.5, 0.6) is 0 Å². The number of nitrogens with zero attached hydrogens (tertiary/aromatic N) is 2. The second-order valence-corrected chi connectivity index (χ2v) is 9.61. The number of carbonyl (C=O) groups excluding carboxylic acids is 1. The summed E-state index contributed by atoms with van der Waals surface area (Å²) in [7, 11) is -3.31. The molecular weight excluding hydrogens is 431 g/mol. The van der Waals surface area contributed by atoms with Gasteiger partial charge in [-0.2, -0.15) is 4.31 Å². The third-order valence-electron chi connectivity index (χ3n) is 3.99. The van der Waals surface area contributed by atoms with Gasteiger partial charge in [-0.05, 0) is 30.5 Å². The van der Waals surface area contributed by atoms with E-state index in [1.165, 1.54) is 21.9 Å². The van der Waals surface area contributed by atoms with Gasteiger partial charge in [0.2, 0.25) is 10.0 Å². The molecule has 2 N–H and O–H groups in total. The molecule has 2 aromatic rings. The summed E-state index contributed by atoms with van der Waals surface area (Å²) in [6.07, 6.45) is 3.68. The maximum Gasteiger partial charge on any atom is 0.321 e. The maximum absolute atomic E-state index is 12.1. The number of halogens is 2. The molecule has 1 unspecified atom stereocenters. The van der Waals surface area contributed by atoms with Crippen molar-refractivity contribution in [2.45, 2.75) is 19.0 Å². The summed E-state index contributed by atoms with van der Waals surface area (Å²) >= 11 is 13.1. The first kappa shape index (κ1) is 20.3. The summed E-state index contributed by atoms with van der Waals surface area (Å²) in [5.74, 6) is 0. The Labute approximate surface area is 171 Å². The third-order valence-corrected chi connectivity index (χ3v) is 6.76. The molecule has 1 aromatic heterocycles. The molecule has 145 valence electrons. The Kier molecular flexibility index (Phi) is 6.27. The van der Waals surface area contributed by atoms with Crippen molar-refractivity contribution < 1.29 is 13.2 Å². The van der Waals surface area contributed by atoms with Gasteiger partial charge in [-0.1, -0.05) is 29.3 Å². The zero-order valence-electron chi connectivity index (χ0n) is 14.3. The minimum Gasteiger partial charge on any atom is -0.334 e. The Morgan fingerprint density at radius 1 is 1.37 bits per heavy atom. The molecule has 11 heteroatoms. The van der Waals surface area contributed by atoms with Crippen LogP contribution >= 0.6 is 34.5 Å². The molecule has 1 aromatic carbocycles. The van der Waals surface area contributed by atoms with Crippen molar-refractivity contribution in [3.63, 3.8) is 0 Å². The molecule has 2 heterocycles. The van der Waals surface area contributed by atoms with E-state index in [2.05, 4.69) is 15.6 Å². The molecule has 0 aliphatic carbocycles. The third kappa shape index (κ3) is 5.11. The van der Waals surface area contributed by atoms with Gasteiger partial charge >= 0.3 is 6.03 Å². The largest absolute Gasteiger partial charge is 0.334 e. The number of rotatable bonds is 5. The highest BCUT2D eigenvalue weighted by molar-refractivity contribution is 7.88. The first-order valence-electron chi connectivity index (χ1n) is 7.96. The van der Waals surface area contributed by atoms with Crippen LogP contribution in [0.15, 0.2) is 23.6 Å². The molecule has 0 bridgehead atoms. The predicted octanol–water partition coefficient (Wildman–Crippen LogP) is 3.68. The fraction of sp³-hybridized carbons (Fsp3) is 0.312. The number of hydrogen-bond acceptors (Lipinski definition) is 5. The molecule has 3 rings (SSSR count). The summed E-state index contributed by atoms with van der Waals surface area (Å²) in [5.41, 5.74) is 1.43. The summed E-state index contributed by atoms with van der Waals surface area (Å²) in [6, 6.07) is 4.37. The minimum atomic E-state index is -3.31. The molecule has 27 heavy (non-hydrogen) atoms. The number of benzene rings is 1. The van der Waals surface area contributed by atoms with Crippen LogP contribution in [-0.2, 0) is 16.6 Å². The lowest BCUT2D eigenvalue weighted by Gasteiger charge is -2.20. The molecule has 0 saturated carbocycles. The van der Waals surface area contributed by atoms with Crippen molar-refractivity contribution in [3.8, 4) is 0 Å². The monoisotopic (exact) mass is 447 g/mol. The van der Waals surface area contributed by atoms with E-state index in [9.17, 15) is 13.2 Å². The van der Waals surface area contributed by atoms with Gasteiger partial charge in [0.25, 0.3) is 0 Å². The highest BCUT2D eigenvalue weighted by atomic mass is 35.5. The summed E-state index contributed by atoms with van der Waals surface area (Å²) < 4.78 is 25.1. The Balaban J connectivity index is 1.58. The van der Waals surface area contributed by atoms with Gasteiger partial charge < -0.3 is 5.32 Å². The number of amides is 2. The Morgan fingerprint density at radius 3 is 2.85 bits per heavy atom. The number of carbonyl (C=O) groups is 1. The molecule has 1 aliphatic rings. The number of hydrogen-bond donors (Lipinski definition) is 2. The number of aromatic nitrogens is 1. The summed E-state index contributed by atoms with van der Waals surface area (Å²) in [5, 5.41) is 8.40. The second-order valence-electron chi connectivity index (χ2n) is 6.01. The molecule has 1 atom stereocenters. The fourth-order valence-corrected chi connectivity index (χ4v) is 4.81. The second kappa shape index (κ2) is 8.32. The van der Waals surface area contributed by atoms with Crippen molar-refractivity contribution in [2.24, 2.45) is 0 Å². The van der Waals surface area contributed by atoms with Gasteiger partial charge in [0, 0.05) is 18.5 Å². The first-order chi connectivity index (χ1) is 12.7. The van der Waals surface area contributed by atoms with Crippen LogP contribution in [0.25, 0.3) is 0 Å². The number of thiazole rings is 1. The molecule has 1 saturated heterocycles. The maximum atomic E-state index is 12.1. The number of nitrogens with one attached hydrogen (secondary N) is 2. The van der Waals surface area contributed by atoms with Crippen LogP contribution in [0.4, 0.5) is 9.93 Å². The number of sulfonamides is 1. The summed E-state index contributed by atoms with van der Waals surface area (Å²) in [4.78, 5) is 16.4. The van der Waals surface area contributed by atoms with E-state index < -0.39 is 16.1 Å². The highest BCUT2D eigenvalue weighted by Gasteiger charge is 2.34. The highest BCUT2D eigenvalue weighted by Crippen LogP contribution is 2.34. The van der Waals surface area contributed by atoms with Crippen LogP contribution in [-0.4, -0.2) is 36.5 Å². The quantitative estimate of drug-likeness (QED) is 0.730. The van der Waals surface area contributed by atoms with Crippen molar-refractivity contribution in [1.29, 1.82) is 0 Å². The SMILES string of the molecule is CS(=O)(=O)N1C[CH]CC1c1csc(NC(=O)NCc2ccc(Cl)c(Cl)c2)n1. The first-order valence-corrected chi connectivity index (χ1v) is 11.4. The van der Waals surface area contributed by atoms with Crippen LogP contribution in [0.1, 0.15) is 23.7 Å². The van der Waals surface area contributed by atoms with Crippen molar-refractivity contribution >= 4 is 55.7 Å². The van der Waals surface area contributed by atoms with Crippen LogP contribution in [0, 0.1) is 6.42 Å². The minimum absolute atomic E-state index is 0.278. The van der Waals surface area contributed by atoms with Crippen LogP contribution in [0.2, 0.25) is 10.0 Å². The van der Waals surface area contributed by atoms with E-state index >= 15 is 0 Å². The number of anilines is 1. The zero-order chi connectivity index (χ0) is 19.6. The van der Waals surface area contributed by atoms with Crippen molar-refractivity contribution in [3.05, 3.63) is 51.3 Å². The Morgan fingerprint density at radius 2 is 2.15 bits per heavy atom. The molecule has 1 fully saturated rings. The van der Waals surface area contributed by atoms with E-state index in [0.717, 1.165) is 5.56 Å². The molecule has 1 radical (unpaired) electrons. The van der Waals surface area contributed by atoms with Gasteiger partial charge in [-0.15, -0.1) is 11.3 Å². The average molecular weight is 448 g/mol. The van der Waals surface area contributed by atoms with Crippen LogP contribution < -0.4 is 10.6 Å². The topological polar surface area (TPSA) is 91.4 Å². The molecule has 2 amide bonds. The zero-order valence-corrected chi connectivity index (χ0v) is 17.4. The Bertz CT molecular complexity index is 949. The molecule has 7 nitrogen and oxygen atoms in total. The van der Waals surface area contributed by atoms with E-state index in [1.54, 1.807) is 23.6 Å². The predicted molar refractivity (Wildman–Crippen MR) is 108 cm³/mol. The van der Waals surface area contributed by atoms with Gasteiger partial charge in [-0.3, -0.25) is 5.32 Å². The van der Waals surface area contributed by atoms with Gasteiger partial charge in [-0.25, -0.2) is 18.2 Å². The van der Waals surface area contributed by atoms with Crippen molar-refractivity contribution in [1.82, 2.24) is 14.6 Å². The van der Waals surface area contributed by atoms with Gasteiger partial charge in [0.05, 0.1) is 28.0 Å².